The number of hydrogen-bond donors (Lipinski definition) is 2. The molecule has 0 saturated heterocycles. The SMILES string of the molecule is Cc1cc(Nc2ccnc(C(=O)Nc3ccc(Cl)cc3C)c2)no1. The summed E-state index contributed by atoms with van der Waals surface area (Å²) in [6.07, 6.45) is 1.55. The van der Waals surface area contributed by atoms with Crippen LogP contribution in [-0.2, 0) is 0 Å². The predicted octanol–water partition coefficient (Wildman–Crippen LogP) is 4.34. The molecule has 3 aromatic rings. The lowest BCUT2D eigenvalue weighted by atomic mass is 10.2. The molecular weight excluding hydrogens is 328 g/mol. The zero-order valence-electron chi connectivity index (χ0n) is 13.1. The van der Waals surface area contributed by atoms with E-state index in [0.29, 0.717) is 28.0 Å². The fraction of sp³-hybridized carbons (Fsp3) is 0.118. The number of hydrogen-bond acceptors (Lipinski definition) is 5. The topological polar surface area (TPSA) is 80.0 Å². The lowest BCUT2D eigenvalue weighted by Gasteiger charge is -2.09. The van der Waals surface area contributed by atoms with Crippen LogP contribution < -0.4 is 10.6 Å². The molecule has 0 aliphatic heterocycles. The molecule has 0 fully saturated rings. The van der Waals surface area contributed by atoms with Crippen LogP contribution in [0.2, 0.25) is 5.02 Å². The van der Waals surface area contributed by atoms with Crippen molar-refractivity contribution in [2.75, 3.05) is 10.6 Å². The van der Waals surface area contributed by atoms with Crippen LogP contribution in [0.5, 0.6) is 0 Å². The van der Waals surface area contributed by atoms with Crippen molar-refractivity contribution in [1.82, 2.24) is 10.1 Å². The van der Waals surface area contributed by atoms with E-state index in [0.717, 1.165) is 5.56 Å². The van der Waals surface area contributed by atoms with Gasteiger partial charge in [-0.1, -0.05) is 16.8 Å². The molecule has 1 aromatic carbocycles. The number of aromatic nitrogens is 2. The number of rotatable bonds is 4. The summed E-state index contributed by atoms with van der Waals surface area (Å²) in [6, 6.07) is 10.4. The van der Waals surface area contributed by atoms with Crippen LogP contribution >= 0.6 is 11.6 Å². The fourth-order valence-electron chi connectivity index (χ4n) is 2.16. The summed E-state index contributed by atoms with van der Waals surface area (Å²) in [5.41, 5.74) is 2.55. The number of nitrogens with one attached hydrogen (secondary N) is 2. The summed E-state index contributed by atoms with van der Waals surface area (Å²) in [4.78, 5) is 16.5. The minimum absolute atomic E-state index is 0.287. The van der Waals surface area contributed by atoms with Crippen molar-refractivity contribution in [3.8, 4) is 0 Å². The summed E-state index contributed by atoms with van der Waals surface area (Å²) in [5.74, 6) is 0.960. The maximum absolute atomic E-state index is 12.4. The molecule has 0 bridgehead atoms. The Morgan fingerprint density at radius 2 is 2.00 bits per heavy atom. The van der Waals surface area contributed by atoms with Crippen LogP contribution in [0.1, 0.15) is 21.8 Å². The van der Waals surface area contributed by atoms with Gasteiger partial charge in [0.15, 0.2) is 5.82 Å². The Labute approximate surface area is 143 Å². The largest absolute Gasteiger partial charge is 0.360 e. The van der Waals surface area contributed by atoms with Gasteiger partial charge in [0.25, 0.3) is 5.91 Å². The molecule has 7 heteroatoms. The second-order valence-electron chi connectivity index (χ2n) is 5.29. The van der Waals surface area contributed by atoms with Gasteiger partial charge in [0.1, 0.15) is 11.5 Å². The van der Waals surface area contributed by atoms with E-state index < -0.39 is 0 Å². The Balaban J connectivity index is 1.76. The molecule has 2 N–H and O–H groups in total. The molecule has 122 valence electrons. The molecule has 2 aromatic heterocycles. The van der Waals surface area contributed by atoms with Gasteiger partial charge >= 0.3 is 0 Å². The minimum atomic E-state index is -0.305. The van der Waals surface area contributed by atoms with E-state index in [9.17, 15) is 4.79 Å². The van der Waals surface area contributed by atoms with Crippen molar-refractivity contribution in [3.05, 3.63) is 64.6 Å². The predicted molar refractivity (Wildman–Crippen MR) is 92.9 cm³/mol. The van der Waals surface area contributed by atoms with Crippen LogP contribution in [0.3, 0.4) is 0 Å². The molecule has 24 heavy (non-hydrogen) atoms. The molecule has 0 radical (unpaired) electrons. The Kier molecular flexibility index (Phi) is 4.48. The van der Waals surface area contributed by atoms with E-state index in [1.807, 2.05) is 6.92 Å². The number of anilines is 3. The van der Waals surface area contributed by atoms with E-state index in [-0.39, 0.29) is 11.6 Å². The number of carbonyl (C=O) groups excluding carboxylic acids is 1. The number of aryl methyl sites for hydroxylation is 2. The number of nitrogens with zero attached hydrogens (tertiary/aromatic N) is 2. The highest BCUT2D eigenvalue weighted by molar-refractivity contribution is 6.30. The van der Waals surface area contributed by atoms with Gasteiger partial charge in [0, 0.05) is 28.7 Å². The Morgan fingerprint density at radius 1 is 1.17 bits per heavy atom. The first kappa shape index (κ1) is 16.0. The first-order valence-corrected chi connectivity index (χ1v) is 7.63. The van der Waals surface area contributed by atoms with E-state index in [1.165, 1.54) is 0 Å². The normalized spacial score (nSPS) is 10.5. The van der Waals surface area contributed by atoms with Crippen molar-refractivity contribution in [2.24, 2.45) is 0 Å². The minimum Gasteiger partial charge on any atom is -0.360 e. The smallest absolute Gasteiger partial charge is 0.274 e. The van der Waals surface area contributed by atoms with Crippen molar-refractivity contribution < 1.29 is 9.32 Å². The molecule has 3 rings (SSSR count). The number of carbonyl (C=O) groups is 1. The number of pyridine rings is 1. The van der Waals surface area contributed by atoms with Crippen LogP contribution in [0, 0.1) is 13.8 Å². The standard InChI is InChI=1S/C17H15ClN4O2/c1-10-7-12(18)3-4-14(10)21-17(23)15-9-13(5-6-19-15)20-16-8-11(2)24-22-16/h3-9H,1-2H3,(H,21,23)(H,19,20,22). The van der Waals surface area contributed by atoms with Crippen molar-refractivity contribution in [1.29, 1.82) is 0 Å². The number of benzene rings is 1. The third-order valence-corrected chi connectivity index (χ3v) is 3.56. The Hall–Kier alpha value is -2.86. The zero-order chi connectivity index (χ0) is 17.1. The van der Waals surface area contributed by atoms with Crippen LogP contribution in [0.25, 0.3) is 0 Å². The van der Waals surface area contributed by atoms with Crippen LogP contribution in [0.15, 0.2) is 47.1 Å². The lowest BCUT2D eigenvalue weighted by Crippen LogP contribution is -2.14. The Morgan fingerprint density at radius 3 is 2.71 bits per heavy atom. The molecule has 0 spiro atoms. The van der Waals surface area contributed by atoms with Gasteiger partial charge in [0.2, 0.25) is 0 Å². The van der Waals surface area contributed by atoms with Crippen LogP contribution in [0.4, 0.5) is 17.2 Å². The van der Waals surface area contributed by atoms with Gasteiger partial charge in [-0.05, 0) is 49.7 Å². The first-order valence-electron chi connectivity index (χ1n) is 7.25. The summed E-state index contributed by atoms with van der Waals surface area (Å²) < 4.78 is 5.00. The second-order valence-corrected chi connectivity index (χ2v) is 5.73. The van der Waals surface area contributed by atoms with E-state index >= 15 is 0 Å². The summed E-state index contributed by atoms with van der Waals surface area (Å²) >= 11 is 5.92. The average Bonchev–Trinajstić information content (AvgIpc) is 2.95. The van der Waals surface area contributed by atoms with Crippen molar-refractivity contribution in [3.63, 3.8) is 0 Å². The van der Waals surface area contributed by atoms with Gasteiger partial charge in [-0.3, -0.25) is 9.78 Å². The number of halogens is 1. The van der Waals surface area contributed by atoms with E-state index in [4.69, 9.17) is 16.1 Å². The summed E-state index contributed by atoms with van der Waals surface area (Å²) in [5, 5.41) is 10.4. The maximum Gasteiger partial charge on any atom is 0.274 e. The molecule has 2 heterocycles. The monoisotopic (exact) mass is 342 g/mol. The van der Waals surface area contributed by atoms with Gasteiger partial charge < -0.3 is 15.2 Å². The molecule has 0 saturated carbocycles. The summed E-state index contributed by atoms with van der Waals surface area (Å²) in [7, 11) is 0. The maximum atomic E-state index is 12.4. The summed E-state index contributed by atoms with van der Waals surface area (Å²) in [6.45, 7) is 3.68. The second kappa shape index (κ2) is 6.72. The highest BCUT2D eigenvalue weighted by atomic mass is 35.5. The van der Waals surface area contributed by atoms with Crippen molar-refractivity contribution >= 4 is 34.7 Å². The van der Waals surface area contributed by atoms with Gasteiger partial charge in [-0.15, -0.1) is 0 Å². The molecule has 6 nitrogen and oxygen atoms in total. The zero-order valence-corrected chi connectivity index (χ0v) is 13.9. The molecule has 0 aliphatic carbocycles. The fourth-order valence-corrected chi connectivity index (χ4v) is 2.39. The Bertz CT molecular complexity index is 892. The van der Waals surface area contributed by atoms with Crippen molar-refractivity contribution in [2.45, 2.75) is 13.8 Å². The quantitative estimate of drug-likeness (QED) is 0.737. The van der Waals surface area contributed by atoms with E-state index in [1.54, 1.807) is 49.5 Å². The lowest BCUT2D eigenvalue weighted by molar-refractivity contribution is 0.102. The molecule has 0 atom stereocenters. The van der Waals surface area contributed by atoms with Gasteiger partial charge in [-0.2, -0.15) is 0 Å². The first-order chi connectivity index (χ1) is 11.5. The molecule has 1 amide bonds. The van der Waals surface area contributed by atoms with Gasteiger partial charge in [-0.25, -0.2) is 0 Å². The molecule has 0 unspecified atom stereocenters. The van der Waals surface area contributed by atoms with E-state index in [2.05, 4.69) is 20.8 Å². The third-order valence-electron chi connectivity index (χ3n) is 3.33. The van der Waals surface area contributed by atoms with Crippen LogP contribution in [-0.4, -0.2) is 16.0 Å². The molecular formula is C17H15ClN4O2. The van der Waals surface area contributed by atoms with Gasteiger partial charge in [0.05, 0.1) is 0 Å². The highest BCUT2D eigenvalue weighted by Gasteiger charge is 2.11. The number of amides is 1. The molecule has 0 aliphatic rings. The third kappa shape index (κ3) is 3.72. The average molecular weight is 343 g/mol. The highest BCUT2D eigenvalue weighted by Crippen LogP contribution is 2.21.